The van der Waals surface area contributed by atoms with Crippen LogP contribution < -0.4 is 14.8 Å². The Labute approximate surface area is 126 Å². The summed E-state index contributed by atoms with van der Waals surface area (Å²) in [5.74, 6) is 1.98. The van der Waals surface area contributed by atoms with E-state index in [1.165, 1.54) is 0 Å². The largest absolute Gasteiger partial charge is 0.490 e. The van der Waals surface area contributed by atoms with Gasteiger partial charge in [0.2, 0.25) is 5.88 Å². The van der Waals surface area contributed by atoms with Crippen molar-refractivity contribution in [3.8, 4) is 17.4 Å². The maximum Gasteiger partial charge on any atom is 0.219 e. The third kappa shape index (κ3) is 4.20. The molecule has 1 aromatic heterocycles. The Kier molecular flexibility index (Phi) is 5.58. The summed E-state index contributed by atoms with van der Waals surface area (Å²) in [6.07, 6.45) is 1.77. The molecule has 112 valence electrons. The van der Waals surface area contributed by atoms with Crippen molar-refractivity contribution in [2.45, 2.75) is 26.8 Å². The first-order chi connectivity index (χ1) is 10.2. The van der Waals surface area contributed by atoms with Gasteiger partial charge in [0.15, 0.2) is 11.5 Å². The van der Waals surface area contributed by atoms with E-state index in [-0.39, 0.29) is 6.04 Å². The van der Waals surface area contributed by atoms with E-state index in [0.717, 1.165) is 17.9 Å². The summed E-state index contributed by atoms with van der Waals surface area (Å²) < 4.78 is 11.4. The van der Waals surface area contributed by atoms with Crippen LogP contribution in [0.15, 0.2) is 42.6 Å². The van der Waals surface area contributed by atoms with Crippen LogP contribution in [0.4, 0.5) is 0 Å². The van der Waals surface area contributed by atoms with Crippen molar-refractivity contribution in [1.29, 1.82) is 0 Å². The lowest BCUT2D eigenvalue weighted by molar-refractivity contribution is 0.319. The number of benzene rings is 1. The van der Waals surface area contributed by atoms with Crippen LogP contribution in [-0.4, -0.2) is 18.1 Å². The Hall–Kier alpha value is -2.07. The molecule has 0 saturated heterocycles. The molecule has 4 heteroatoms. The van der Waals surface area contributed by atoms with Gasteiger partial charge in [-0.05, 0) is 44.2 Å². The minimum absolute atomic E-state index is 0.266. The minimum atomic E-state index is 0.266. The summed E-state index contributed by atoms with van der Waals surface area (Å²) in [6, 6.07) is 11.8. The van der Waals surface area contributed by atoms with Crippen molar-refractivity contribution in [3.63, 3.8) is 0 Å². The summed E-state index contributed by atoms with van der Waals surface area (Å²) >= 11 is 0. The topological polar surface area (TPSA) is 43.4 Å². The average Bonchev–Trinajstić information content (AvgIpc) is 2.50. The highest BCUT2D eigenvalue weighted by Gasteiger charge is 2.09. The van der Waals surface area contributed by atoms with Gasteiger partial charge in [-0.15, -0.1) is 0 Å². The molecule has 4 nitrogen and oxygen atoms in total. The fourth-order valence-corrected chi connectivity index (χ4v) is 2.10. The van der Waals surface area contributed by atoms with Gasteiger partial charge in [-0.25, -0.2) is 4.98 Å². The van der Waals surface area contributed by atoms with Gasteiger partial charge < -0.3 is 14.8 Å². The highest BCUT2D eigenvalue weighted by Crippen LogP contribution is 2.31. The molecule has 2 aromatic rings. The highest BCUT2D eigenvalue weighted by atomic mass is 16.5. The number of aromatic nitrogens is 1. The molecule has 0 radical (unpaired) electrons. The third-order valence-electron chi connectivity index (χ3n) is 3.13. The molecular formula is C17H22N2O2. The van der Waals surface area contributed by atoms with Gasteiger partial charge in [0, 0.05) is 18.3 Å². The maximum absolute atomic E-state index is 5.87. The monoisotopic (exact) mass is 286 g/mol. The van der Waals surface area contributed by atoms with Crippen molar-refractivity contribution in [1.82, 2.24) is 10.3 Å². The molecule has 0 fully saturated rings. The molecule has 1 aromatic carbocycles. The lowest BCUT2D eigenvalue weighted by Crippen LogP contribution is -2.17. The minimum Gasteiger partial charge on any atom is -0.490 e. The maximum atomic E-state index is 5.87. The number of hydrogen-bond acceptors (Lipinski definition) is 4. The molecule has 0 aliphatic rings. The first kappa shape index (κ1) is 15.3. The first-order valence-corrected chi connectivity index (χ1v) is 7.33. The molecule has 1 atom stereocenters. The fourth-order valence-electron chi connectivity index (χ4n) is 2.10. The molecule has 0 bridgehead atoms. The molecule has 1 unspecified atom stereocenters. The van der Waals surface area contributed by atoms with E-state index in [0.29, 0.717) is 18.2 Å². The normalized spacial score (nSPS) is 12.0. The number of nitrogens with zero attached hydrogens (tertiary/aromatic N) is 1. The van der Waals surface area contributed by atoms with Crippen molar-refractivity contribution < 1.29 is 9.47 Å². The second-order valence-corrected chi connectivity index (χ2v) is 4.69. The Balaban J connectivity index is 2.18. The molecule has 1 heterocycles. The summed E-state index contributed by atoms with van der Waals surface area (Å²) in [6.45, 7) is 7.69. The summed E-state index contributed by atoms with van der Waals surface area (Å²) in [7, 11) is 0. The number of para-hydroxylation sites is 2. The van der Waals surface area contributed by atoms with E-state index in [4.69, 9.17) is 9.47 Å². The Morgan fingerprint density at radius 2 is 1.90 bits per heavy atom. The molecule has 0 spiro atoms. The van der Waals surface area contributed by atoms with E-state index in [1.807, 2.05) is 43.3 Å². The van der Waals surface area contributed by atoms with Crippen LogP contribution in [0, 0.1) is 0 Å². The molecule has 0 amide bonds. The van der Waals surface area contributed by atoms with Crippen molar-refractivity contribution >= 4 is 0 Å². The van der Waals surface area contributed by atoms with Gasteiger partial charge in [-0.2, -0.15) is 0 Å². The summed E-state index contributed by atoms with van der Waals surface area (Å²) in [4.78, 5) is 4.27. The van der Waals surface area contributed by atoms with Gasteiger partial charge in [-0.1, -0.05) is 19.1 Å². The van der Waals surface area contributed by atoms with E-state index < -0.39 is 0 Å². The molecule has 2 rings (SSSR count). The smallest absolute Gasteiger partial charge is 0.219 e. The van der Waals surface area contributed by atoms with Crippen molar-refractivity contribution in [2.24, 2.45) is 0 Å². The SMILES string of the molecule is CCNC(C)c1ccnc(Oc2ccccc2OCC)c1. The Bertz CT molecular complexity index is 572. The van der Waals surface area contributed by atoms with Crippen LogP contribution in [0.2, 0.25) is 0 Å². The standard InChI is InChI=1S/C17H22N2O2/c1-4-18-13(3)14-10-11-19-17(12-14)21-16-9-7-6-8-15(16)20-5-2/h6-13,18H,4-5H2,1-3H3. The second kappa shape index (κ2) is 7.64. The number of pyridine rings is 1. The van der Waals surface area contributed by atoms with Gasteiger partial charge in [0.1, 0.15) is 0 Å². The molecular weight excluding hydrogens is 264 g/mol. The van der Waals surface area contributed by atoms with Crippen LogP contribution in [0.3, 0.4) is 0 Å². The zero-order chi connectivity index (χ0) is 15.1. The molecule has 0 aliphatic heterocycles. The van der Waals surface area contributed by atoms with E-state index >= 15 is 0 Å². The van der Waals surface area contributed by atoms with Gasteiger partial charge >= 0.3 is 0 Å². The molecule has 0 aliphatic carbocycles. The fraction of sp³-hybridized carbons (Fsp3) is 0.353. The van der Waals surface area contributed by atoms with Crippen molar-refractivity contribution in [3.05, 3.63) is 48.2 Å². The molecule has 1 N–H and O–H groups in total. The zero-order valence-corrected chi connectivity index (χ0v) is 12.8. The highest BCUT2D eigenvalue weighted by molar-refractivity contribution is 5.42. The molecule has 0 saturated carbocycles. The van der Waals surface area contributed by atoms with Crippen LogP contribution >= 0.6 is 0 Å². The predicted octanol–water partition coefficient (Wildman–Crippen LogP) is 3.94. The summed E-state index contributed by atoms with van der Waals surface area (Å²) in [5, 5.41) is 3.38. The van der Waals surface area contributed by atoms with E-state index in [2.05, 4.69) is 24.1 Å². The van der Waals surface area contributed by atoms with E-state index in [9.17, 15) is 0 Å². The van der Waals surface area contributed by atoms with Gasteiger partial charge in [-0.3, -0.25) is 0 Å². The summed E-state index contributed by atoms with van der Waals surface area (Å²) in [5.41, 5.74) is 1.15. The van der Waals surface area contributed by atoms with Gasteiger partial charge in [0.05, 0.1) is 6.61 Å². The average molecular weight is 286 g/mol. The zero-order valence-electron chi connectivity index (χ0n) is 12.8. The number of ether oxygens (including phenoxy) is 2. The predicted molar refractivity (Wildman–Crippen MR) is 84.0 cm³/mol. The Morgan fingerprint density at radius 3 is 2.62 bits per heavy atom. The third-order valence-corrected chi connectivity index (χ3v) is 3.13. The number of nitrogens with one attached hydrogen (secondary N) is 1. The number of rotatable bonds is 7. The van der Waals surface area contributed by atoms with E-state index in [1.54, 1.807) is 6.20 Å². The van der Waals surface area contributed by atoms with Crippen LogP contribution in [0.1, 0.15) is 32.4 Å². The number of hydrogen-bond donors (Lipinski definition) is 1. The first-order valence-electron chi connectivity index (χ1n) is 7.33. The van der Waals surface area contributed by atoms with Crippen LogP contribution in [0.5, 0.6) is 17.4 Å². The van der Waals surface area contributed by atoms with Crippen LogP contribution in [-0.2, 0) is 0 Å². The van der Waals surface area contributed by atoms with Crippen LogP contribution in [0.25, 0.3) is 0 Å². The molecule has 21 heavy (non-hydrogen) atoms. The second-order valence-electron chi connectivity index (χ2n) is 4.69. The lowest BCUT2D eigenvalue weighted by Gasteiger charge is -2.14. The Morgan fingerprint density at radius 1 is 1.14 bits per heavy atom. The quantitative estimate of drug-likeness (QED) is 0.837. The van der Waals surface area contributed by atoms with Gasteiger partial charge in [0.25, 0.3) is 0 Å². The van der Waals surface area contributed by atoms with Crippen molar-refractivity contribution in [2.75, 3.05) is 13.2 Å². The lowest BCUT2D eigenvalue weighted by atomic mass is 10.1.